The maximum Gasteiger partial charge on any atom is 0.320 e. The monoisotopic (exact) mass is 288 g/mol. The first kappa shape index (κ1) is 18.9. The van der Waals surface area contributed by atoms with Gasteiger partial charge in [0.2, 0.25) is 0 Å². The molecular weight excluding hydrogens is 260 g/mol. The van der Waals surface area contributed by atoms with Gasteiger partial charge in [-0.25, -0.2) is 0 Å². The van der Waals surface area contributed by atoms with Gasteiger partial charge in [-0.15, -0.1) is 0 Å². The highest BCUT2D eigenvalue weighted by molar-refractivity contribution is 5.73. The number of carboxylic acid groups (broad SMARTS) is 2. The standard InChI is InChI=1S/C14H28N2O4/c15-10-6-7-11-16-12(14(19)20)8-4-2-1-3-5-9-13(17)18/h12,16H,1-11,15H2,(H,17,18)(H,19,20). The van der Waals surface area contributed by atoms with Crippen LogP contribution in [0.2, 0.25) is 0 Å². The van der Waals surface area contributed by atoms with Crippen LogP contribution >= 0.6 is 0 Å². The Hall–Kier alpha value is -1.14. The molecule has 20 heavy (non-hydrogen) atoms. The molecule has 0 aromatic rings. The second-order valence-electron chi connectivity index (χ2n) is 5.04. The first-order valence-corrected chi connectivity index (χ1v) is 7.46. The van der Waals surface area contributed by atoms with Gasteiger partial charge in [0.15, 0.2) is 0 Å². The van der Waals surface area contributed by atoms with Crippen molar-refractivity contribution in [1.29, 1.82) is 0 Å². The number of rotatable bonds is 14. The Morgan fingerprint density at radius 3 is 2.20 bits per heavy atom. The second kappa shape index (κ2) is 12.9. The van der Waals surface area contributed by atoms with Gasteiger partial charge in [-0.1, -0.05) is 25.7 Å². The summed E-state index contributed by atoms with van der Waals surface area (Å²) in [4.78, 5) is 21.4. The van der Waals surface area contributed by atoms with Gasteiger partial charge < -0.3 is 21.3 Å². The molecule has 0 rings (SSSR count). The van der Waals surface area contributed by atoms with Crippen molar-refractivity contribution < 1.29 is 19.8 Å². The summed E-state index contributed by atoms with van der Waals surface area (Å²) in [5.41, 5.74) is 5.38. The third-order valence-electron chi connectivity index (χ3n) is 3.20. The SMILES string of the molecule is NCCCCNC(CCCCCCCC(=O)O)C(=O)O. The lowest BCUT2D eigenvalue weighted by Crippen LogP contribution is -2.37. The van der Waals surface area contributed by atoms with Crippen molar-refractivity contribution in [3.8, 4) is 0 Å². The predicted molar refractivity (Wildman–Crippen MR) is 77.7 cm³/mol. The van der Waals surface area contributed by atoms with Gasteiger partial charge in [-0.05, 0) is 38.8 Å². The first-order chi connectivity index (χ1) is 9.57. The average molecular weight is 288 g/mol. The average Bonchev–Trinajstić information content (AvgIpc) is 2.39. The van der Waals surface area contributed by atoms with E-state index in [1.807, 2.05) is 0 Å². The first-order valence-electron chi connectivity index (χ1n) is 7.46. The second-order valence-corrected chi connectivity index (χ2v) is 5.04. The van der Waals surface area contributed by atoms with Crippen LogP contribution in [0.5, 0.6) is 0 Å². The van der Waals surface area contributed by atoms with Gasteiger partial charge >= 0.3 is 11.9 Å². The van der Waals surface area contributed by atoms with E-state index in [-0.39, 0.29) is 6.42 Å². The van der Waals surface area contributed by atoms with Gasteiger partial charge in [0.1, 0.15) is 6.04 Å². The molecule has 1 unspecified atom stereocenters. The van der Waals surface area contributed by atoms with E-state index in [0.29, 0.717) is 25.9 Å². The van der Waals surface area contributed by atoms with E-state index in [1.54, 1.807) is 0 Å². The lowest BCUT2D eigenvalue weighted by atomic mass is 10.1. The molecule has 1 atom stereocenters. The van der Waals surface area contributed by atoms with Gasteiger partial charge in [0, 0.05) is 6.42 Å². The van der Waals surface area contributed by atoms with Crippen LogP contribution in [0.3, 0.4) is 0 Å². The minimum atomic E-state index is -0.802. The summed E-state index contributed by atoms with van der Waals surface area (Å²) in [5, 5.41) is 20.6. The summed E-state index contributed by atoms with van der Waals surface area (Å²) in [7, 11) is 0. The van der Waals surface area contributed by atoms with Crippen LogP contribution in [0.1, 0.15) is 57.8 Å². The zero-order valence-electron chi connectivity index (χ0n) is 12.1. The quantitative estimate of drug-likeness (QED) is 0.361. The van der Waals surface area contributed by atoms with Crippen molar-refractivity contribution in [2.75, 3.05) is 13.1 Å². The Morgan fingerprint density at radius 1 is 0.950 bits per heavy atom. The van der Waals surface area contributed by atoms with E-state index in [2.05, 4.69) is 5.32 Å². The van der Waals surface area contributed by atoms with Gasteiger partial charge in [0.25, 0.3) is 0 Å². The van der Waals surface area contributed by atoms with E-state index < -0.39 is 18.0 Å². The molecule has 6 nitrogen and oxygen atoms in total. The zero-order valence-corrected chi connectivity index (χ0v) is 12.1. The molecular formula is C14H28N2O4. The van der Waals surface area contributed by atoms with Crippen LogP contribution in [-0.2, 0) is 9.59 Å². The molecule has 5 N–H and O–H groups in total. The number of carboxylic acids is 2. The highest BCUT2D eigenvalue weighted by Gasteiger charge is 2.15. The fourth-order valence-electron chi connectivity index (χ4n) is 2.01. The van der Waals surface area contributed by atoms with Crippen LogP contribution in [0.25, 0.3) is 0 Å². The van der Waals surface area contributed by atoms with Crippen molar-refractivity contribution in [2.24, 2.45) is 5.73 Å². The summed E-state index contributed by atoms with van der Waals surface area (Å²) >= 11 is 0. The van der Waals surface area contributed by atoms with E-state index in [4.69, 9.17) is 15.9 Å². The summed E-state index contributed by atoms with van der Waals surface area (Å²) in [6, 6.07) is -0.480. The molecule has 0 saturated heterocycles. The zero-order chi connectivity index (χ0) is 15.2. The lowest BCUT2D eigenvalue weighted by molar-refractivity contribution is -0.140. The number of nitrogens with two attached hydrogens (primary N) is 1. The normalized spacial score (nSPS) is 12.2. The van der Waals surface area contributed by atoms with E-state index >= 15 is 0 Å². The molecule has 0 radical (unpaired) electrons. The van der Waals surface area contributed by atoms with Crippen molar-refractivity contribution in [3.63, 3.8) is 0 Å². The number of aliphatic carboxylic acids is 2. The number of hydrogen-bond donors (Lipinski definition) is 4. The summed E-state index contributed by atoms with van der Waals surface area (Å²) in [6.45, 7) is 1.32. The third kappa shape index (κ3) is 11.9. The van der Waals surface area contributed by atoms with Gasteiger partial charge in [0.05, 0.1) is 0 Å². The number of carbonyl (C=O) groups is 2. The molecule has 0 amide bonds. The molecule has 6 heteroatoms. The molecule has 0 aliphatic carbocycles. The Labute approximate surface area is 120 Å². The van der Waals surface area contributed by atoms with Crippen LogP contribution in [0, 0.1) is 0 Å². The van der Waals surface area contributed by atoms with Gasteiger partial charge in [-0.2, -0.15) is 0 Å². The fourth-order valence-corrected chi connectivity index (χ4v) is 2.01. The molecule has 0 bridgehead atoms. The molecule has 0 aliphatic rings. The Balaban J connectivity index is 3.55. The summed E-state index contributed by atoms with van der Waals surface area (Å²) < 4.78 is 0. The number of unbranched alkanes of at least 4 members (excludes halogenated alkanes) is 5. The van der Waals surface area contributed by atoms with Crippen LogP contribution in [-0.4, -0.2) is 41.3 Å². The molecule has 0 aromatic carbocycles. The molecule has 0 saturated carbocycles. The van der Waals surface area contributed by atoms with E-state index in [0.717, 1.165) is 38.5 Å². The Kier molecular flexibility index (Phi) is 12.1. The smallest absolute Gasteiger partial charge is 0.320 e. The lowest BCUT2D eigenvalue weighted by Gasteiger charge is -2.14. The summed E-state index contributed by atoms with van der Waals surface area (Å²) in [6.07, 6.45) is 7.02. The molecule has 0 fully saturated rings. The van der Waals surface area contributed by atoms with Gasteiger partial charge in [-0.3, -0.25) is 9.59 Å². The number of hydrogen-bond acceptors (Lipinski definition) is 4. The molecule has 0 spiro atoms. The minimum absolute atomic E-state index is 0.223. The largest absolute Gasteiger partial charge is 0.481 e. The Morgan fingerprint density at radius 2 is 1.60 bits per heavy atom. The molecule has 118 valence electrons. The predicted octanol–water partition coefficient (Wildman–Crippen LogP) is 1.58. The maximum absolute atomic E-state index is 11.1. The topological polar surface area (TPSA) is 113 Å². The Bertz CT molecular complexity index is 272. The van der Waals surface area contributed by atoms with Crippen molar-refractivity contribution in [1.82, 2.24) is 5.32 Å². The van der Waals surface area contributed by atoms with E-state index in [1.165, 1.54) is 0 Å². The van der Waals surface area contributed by atoms with Crippen LogP contribution < -0.4 is 11.1 Å². The van der Waals surface area contributed by atoms with Crippen molar-refractivity contribution in [2.45, 2.75) is 63.8 Å². The van der Waals surface area contributed by atoms with E-state index in [9.17, 15) is 9.59 Å². The molecule has 0 aliphatic heterocycles. The van der Waals surface area contributed by atoms with Crippen LogP contribution in [0.15, 0.2) is 0 Å². The van der Waals surface area contributed by atoms with Crippen molar-refractivity contribution in [3.05, 3.63) is 0 Å². The molecule has 0 heterocycles. The maximum atomic E-state index is 11.1. The van der Waals surface area contributed by atoms with Crippen LogP contribution in [0.4, 0.5) is 0 Å². The fraction of sp³-hybridized carbons (Fsp3) is 0.857. The minimum Gasteiger partial charge on any atom is -0.481 e. The number of nitrogens with one attached hydrogen (secondary N) is 1. The highest BCUT2D eigenvalue weighted by Crippen LogP contribution is 2.09. The molecule has 0 aromatic heterocycles. The third-order valence-corrected chi connectivity index (χ3v) is 3.20. The van der Waals surface area contributed by atoms with Crippen molar-refractivity contribution >= 4 is 11.9 Å². The summed E-state index contributed by atoms with van der Waals surface area (Å²) in [5.74, 6) is -1.55. The highest BCUT2D eigenvalue weighted by atomic mass is 16.4.